The van der Waals surface area contributed by atoms with Gasteiger partial charge < -0.3 is 0 Å². The molecule has 10 heavy (non-hydrogen) atoms. The Kier molecular flexibility index (Phi) is 3.75. The van der Waals surface area contributed by atoms with Crippen LogP contribution in [-0.4, -0.2) is 5.33 Å². The Balaban J connectivity index is 2.13. The lowest BCUT2D eigenvalue weighted by Gasteiger charge is -2.12. The van der Waals surface area contributed by atoms with Crippen LogP contribution in [0.3, 0.4) is 0 Å². The molecule has 0 saturated heterocycles. The molecule has 0 N–H and O–H groups in total. The van der Waals surface area contributed by atoms with E-state index in [-0.39, 0.29) is 0 Å². The summed E-state index contributed by atoms with van der Waals surface area (Å²) >= 11 is 3.52. The van der Waals surface area contributed by atoms with Gasteiger partial charge in [-0.25, -0.2) is 0 Å². The fourth-order valence-corrected chi connectivity index (χ4v) is 2.28. The van der Waals surface area contributed by atoms with Crippen LogP contribution in [-0.2, 0) is 0 Å². The SMILES string of the molecule is CCCC(CCBr)C1CC1. The summed E-state index contributed by atoms with van der Waals surface area (Å²) < 4.78 is 0. The van der Waals surface area contributed by atoms with Crippen LogP contribution in [0.25, 0.3) is 0 Å². The Morgan fingerprint density at radius 1 is 1.40 bits per heavy atom. The van der Waals surface area contributed by atoms with E-state index in [1.165, 1.54) is 37.4 Å². The number of rotatable bonds is 5. The first-order valence-corrected chi connectivity index (χ1v) is 5.56. The van der Waals surface area contributed by atoms with Gasteiger partial charge in [-0.2, -0.15) is 0 Å². The lowest BCUT2D eigenvalue weighted by molar-refractivity contribution is 0.415. The molecule has 1 atom stereocenters. The summed E-state index contributed by atoms with van der Waals surface area (Å²) in [6, 6.07) is 0. The predicted molar refractivity (Wildman–Crippen MR) is 49.5 cm³/mol. The monoisotopic (exact) mass is 204 g/mol. The Hall–Kier alpha value is 0.480. The molecule has 60 valence electrons. The normalized spacial score (nSPS) is 21.0. The minimum Gasteiger partial charge on any atom is -0.0928 e. The molecule has 0 nitrogen and oxygen atoms in total. The fraction of sp³-hybridized carbons (Fsp3) is 1.00. The van der Waals surface area contributed by atoms with Gasteiger partial charge in [0.25, 0.3) is 0 Å². The van der Waals surface area contributed by atoms with Gasteiger partial charge in [-0.1, -0.05) is 35.7 Å². The Morgan fingerprint density at radius 2 is 2.10 bits per heavy atom. The van der Waals surface area contributed by atoms with Crippen molar-refractivity contribution >= 4 is 15.9 Å². The highest BCUT2D eigenvalue weighted by Crippen LogP contribution is 2.40. The highest BCUT2D eigenvalue weighted by molar-refractivity contribution is 9.09. The molecule has 1 aliphatic rings. The van der Waals surface area contributed by atoms with Gasteiger partial charge in [0, 0.05) is 5.33 Å². The van der Waals surface area contributed by atoms with Crippen LogP contribution in [0.2, 0.25) is 0 Å². The zero-order chi connectivity index (χ0) is 7.40. The zero-order valence-electron chi connectivity index (χ0n) is 6.78. The van der Waals surface area contributed by atoms with E-state index in [0.29, 0.717) is 0 Å². The molecular formula is C9H17Br. The van der Waals surface area contributed by atoms with Crippen LogP contribution in [0.4, 0.5) is 0 Å². The van der Waals surface area contributed by atoms with E-state index >= 15 is 0 Å². The van der Waals surface area contributed by atoms with Gasteiger partial charge in [-0.15, -0.1) is 0 Å². The van der Waals surface area contributed by atoms with Gasteiger partial charge in [0.2, 0.25) is 0 Å². The van der Waals surface area contributed by atoms with Crippen molar-refractivity contribution < 1.29 is 0 Å². The summed E-state index contributed by atoms with van der Waals surface area (Å²) in [6.07, 6.45) is 7.25. The van der Waals surface area contributed by atoms with E-state index in [2.05, 4.69) is 22.9 Å². The second kappa shape index (κ2) is 4.38. The zero-order valence-corrected chi connectivity index (χ0v) is 8.36. The first-order valence-electron chi connectivity index (χ1n) is 4.44. The summed E-state index contributed by atoms with van der Waals surface area (Å²) in [5.41, 5.74) is 0. The summed E-state index contributed by atoms with van der Waals surface area (Å²) in [6.45, 7) is 2.30. The Morgan fingerprint density at radius 3 is 2.50 bits per heavy atom. The third-order valence-electron chi connectivity index (χ3n) is 2.43. The van der Waals surface area contributed by atoms with Crippen molar-refractivity contribution in [1.82, 2.24) is 0 Å². The van der Waals surface area contributed by atoms with Crippen LogP contribution in [0.1, 0.15) is 39.0 Å². The maximum Gasteiger partial charge on any atom is 0.00340 e. The molecular weight excluding hydrogens is 188 g/mol. The van der Waals surface area contributed by atoms with Crippen molar-refractivity contribution in [3.8, 4) is 0 Å². The highest BCUT2D eigenvalue weighted by atomic mass is 79.9. The molecule has 0 spiro atoms. The van der Waals surface area contributed by atoms with Crippen molar-refractivity contribution in [3.05, 3.63) is 0 Å². The number of halogens is 1. The molecule has 1 unspecified atom stereocenters. The van der Waals surface area contributed by atoms with Crippen molar-refractivity contribution in [1.29, 1.82) is 0 Å². The summed E-state index contributed by atoms with van der Waals surface area (Å²) in [7, 11) is 0. The quantitative estimate of drug-likeness (QED) is 0.601. The first kappa shape index (κ1) is 8.58. The van der Waals surface area contributed by atoms with E-state index in [1.807, 2.05) is 0 Å². The van der Waals surface area contributed by atoms with Crippen molar-refractivity contribution in [2.75, 3.05) is 5.33 Å². The number of hydrogen-bond acceptors (Lipinski definition) is 0. The van der Waals surface area contributed by atoms with Gasteiger partial charge >= 0.3 is 0 Å². The second-order valence-corrected chi connectivity index (χ2v) is 4.16. The molecule has 1 saturated carbocycles. The topological polar surface area (TPSA) is 0 Å². The first-order chi connectivity index (χ1) is 4.88. The van der Waals surface area contributed by atoms with E-state index in [1.54, 1.807) is 0 Å². The van der Waals surface area contributed by atoms with E-state index < -0.39 is 0 Å². The highest BCUT2D eigenvalue weighted by Gasteiger charge is 2.29. The fourth-order valence-electron chi connectivity index (χ4n) is 1.69. The van der Waals surface area contributed by atoms with Gasteiger partial charge in [0.05, 0.1) is 0 Å². The minimum absolute atomic E-state index is 1.05. The molecule has 0 aromatic carbocycles. The smallest absolute Gasteiger partial charge is 0.00340 e. The predicted octanol–water partition coefficient (Wildman–Crippen LogP) is 3.60. The molecule has 1 heteroatoms. The van der Waals surface area contributed by atoms with Crippen LogP contribution < -0.4 is 0 Å². The lowest BCUT2D eigenvalue weighted by atomic mass is 9.96. The average Bonchev–Trinajstić information content (AvgIpc) is 2.69. The average molecular weight is 205 g/mol. The second-order valence-electron chi connectivity index (χ2n) is 3.36. The molecule has 0 heterocycles. The standard InChI is InChI=1S/C9H17Br/c1-2-3-8(6-7-10)9-4-5-9/h8-9H,2-7H2,1H3. The van der Waals surface area contributed by atoms with Crippen LogP contribution >= 0.6 is 15.9 Å². The van der Waals surface area contributed by atoms with Gasteiger partial charge in [-0.05, 0) is 31.1 Å². The van der Waals surface area contributed by atoms with Gasteiger partial charge in [-0.3, -0.25) is 0 Å². The molecule has 0 bridgehead atoms. The van der Waals surface area contributed by atoms with Crippen molar-refractivity contribution in [2.45, 2.75) is 39.0 Å². The molecule has 0 aromatic rings. The van der Waals surface area contributed by atoms with Crippen molar-refractivity contribution in [2.24, 2.45) is 11.8 Å². The van der Waals surface area contributed by atoms with E-state index in [9.17, 15) is 0 Å². The molecule has 0 aromatic heterocycles. The molecule has 0 amide bonds. The summed E-state index contributed by atoms with van der Waals surface area (Å²) in [5, 5.41) is 1.20. The van der Waals surface area contributed by atoms with Crippen molar-refractivity contribution in [3.63, 3.8) is 0 Å². The maximum absolute atomic E-state index is 3.52. The molecule has 0 aliphatic heterocycles. The Labute approximate surface area is 72.5 Å². The molecule has 1 rings (SSSR count). The number of alkyl halides is 1. The lowest BCUT2D eigenvalue weighted by Crippen LogP contribution is -2.02. The van der Waals surface area contributed by atoms with Crippen LogP contribution in [0.5, 0.6) is 0 Å². The third-order valence-corrected chi connectivity index (χ3v) is 2.89. The summed E-state index contributed by atoms with van der Waals surface area (Å²) in [5.74, 6) is 2.15. The number of hydrogen-bond donors (Lipinski definition) is 0. The van der Waals surface area contributed by atoms with Crippen LogP contribution in [0, 0.1) is 11.8 Å². The van der Waals surface area contributed by atoms with E-state index in [4.69, 9.17) is 0 Å². The summed E-state index contributed by atoms with van der Waals surface area (Å²) in [4.78, 5) is 0. The third kappa shape index (κ3) is 2.61. The van der Waals surface area contributed by atoms with Gasteiger partial charge in [0.1, 0.15) is 0 Å². The maximum atomic E-state index is 3.52. The van der Waals surface area contributed by atoms with Gasteiger partial charge in [0.15, 0.2) is 0 Å². The van der Waals surface area contributed by atoms with E-state index in [0.717, 1.165) is 11.8 Å². The largest absolute Gasteiger partial charge is 0.0928 e. The molecule has 1 aliphatic carbocycles. The molecule has 1 fully saturated rings. The minimum atomic E-state index is 1.05. The molecule has 0 radical (unpaired) electrons. The van der Waals surface area contributed by atoms with Crippen LogP contribution in [0.15, 0.2) is 0 Å². The Bertz CT molecular complexity index is 80.7.